The predicted octanol–water partition coefficient (Wildman–Crippen LogP) is 7.65. The molecule has 0 saturated heterocycles. The molecule has 0 atom stereocenters. The highest BCUT2D eigenvalue weighted by Crippen LogP contribution is 2.26. The van der Waals surface area contributed by atoms with Crippen molar-refractivity contribution in [2.75, 3.05) is 13.2 Å². The highest BCUT2D eigenvalue weighted by molar-refractivity contribution is 5.86. The molecule has 4 rings (SSSR count). The molecule has 0 N–H and O–H groups in total. The van der Waals surface area contributed by atoms with Crippen LogP contribution in [0.3, 0.4) is 0 Å². The Morgan fingerprint density at radius 3 is 1.29 bits per heavy atom. The normalized spacial score (nSPS) is 11.2. The van der Waals surface area contributed by atoms with E-state index in [9.17, 15) is 0 Å². The van der Waals surface area contributed by atoms with Crippen LogP contribution in [-0.4, -0.2) is 25.6 Å². The number of nitrogens with zero attached hydrogens (tertiary/aromatic N) is 2. The molecule has 0 amide bonds. The third-order valence-corrected chi connectivity index (χ3v) is 5.21. The van der Waals surface area contributed by atoms with Crippen LogP contribution in [0.25, 0.3) is 11.1 Å². The topological polar surface area (TPSA) is 43.2 Å². The van der Waals surface area contributed by atoms with E-state index in [4.69, 9.17) is 9.47 Å². The van der Waals surface area contributed by atoms with Crippen molar-refractivity contribution in [2.45, 2.75) is 13.8 Å². The number of para-hydroxylation sites is 2. The molecular weight excluding hydrogens is 420 g/mol. The van der Waals surface area contributed by atoms with Crippen molar-refractivity contribution < 1.29 is 9.47 Å². The minimum Gasteiger partial charge on any atom is -0.493 e. The Morgan fingerprint density at radius 2 is 0.912 bits per heavy atom. The van der Waals surface area contributed by atoms with Crippen LogP contribution in [0.4, 0.5) is 11.4 Å². The number of ether oxygens (including phenoxy) is 2. The summed E-state index contributed by atoms with van der Waals surface area (Å²) in [4.78, 5) is 9.21. The lowest BCUT2D eigenvalue weighted by Crippen LogP contribution is -1.95. The Balaban J connectivity index is 1.44. The van der Waals surface area contributed by atoms with Crippen LogP contribution in [0.1, 0.15) is 25.0 Å². The van der Waals surface area contributed by atoms with E-state index in [1.54, 1.807) is 0 Å². The van der Waals surface area contributed by atoms with Crippen LogP contribution >= 0.6 is 0 Å². The number of aliphatic imine (C=N–C) groups is 2. The molecule has 0 spiro atoms. The first kappa shape index (κ1) is 23.0. The average Bonchev–Trinajstić information content (AvgIpc) is 2.89. The van der Waals surface area contributed by atoms with Crippen LogP contribution in [0.5, 0.6) is 11.5 Å². The lowest BCUT2D eigenvalue weighted by atomic mass is 10.1. The molecule has 0 heterocycles. The quantitative estimate of drug-likeness (QED) is 0.247. The molecule has 0 aliphatic rings. The van der Waals surface area contributed by atoms with Gasteiger partial charge in [-0.05, 0) is 73.5 Å². The molecule has 0 aliphatic carbocycles. The fourth-order valence-corrected chi connectivity index (χ4v) is 3.52. The van der Waals surface area contributed by atoms with Gasteiger partial charge in [0.05, 0.1) is 24.6 Å². The third-order valence-electron chi connectivity index (χ3n) is 5.21. The average molecular weight is 449 g/mol. The van der Waals surface area contributed by atoms with Crippen molar-refractivity contribution in [2.24, 2.45) is 9.98 Å². The lowest BCUT2D eigenvalue weighted by molar-refractivity contribution is 0.339. The van der Waals surface area contributed by atoms with Crippen molar-refractivity contribution in [1.29, 1.82) is 0 Å². The van der Waals surface area contributed by atoms with Gasteiger partial charge in [0, 0.05) is 23.6 Å². The molecule has 4 aromatic rings. The third kappa shape index (κ3) is 5.99. The second kappa shape index (κ2) is 11.6. The van der Waals surface area contributed by atoms with Gasteiger partial charge in [0.25, 0.3) is 0 Å². The molecular formula is C30H28N2O2. The van der Waals surface area contributed by atoms with E-state index in [0.29, 0.717) is 13.2 Å². The SMILES string of the molecule is CCOc1ccccc1C=Nc1ccc(-c2ccc(N=Cc3ccccc3OCC)cc2)cc1. The molecule has 4 nitrogen and oxygen atoms in total. The molecule has 0 radical (unpaired) electrons. The molecule has 0 fully saturated rings. The Hall–Kier alpha value is -4.18. The summed E-state index contributed by atoms with van der Waals surface area (Å²) in [6.45, 7) is 5.22. The van der Waals surface area contributed by atoms with E-state index < -0.39 is 0 Å². The highest BCUT2D eigenvalue weighted by atomic mass is 16.5. The maximum absolute atomic E-state index is 5.66. The number of hydrogen-bond acceptors (Lipinski definition) is 4. The van der Waals surface area contributed by atoms with Gasteiger partial charge in [-0.2, -0.15) is 0 Å². The Morgan fingerprint density at radius 1 is 0.529 bits per heavy atom. The predicted molar refractivity (Wildman–Crippen MR) is 142 cm³/mol. The summed E-state index contributed by atoms with van der Waals surface area (Å²) < 4.78 is 11.3. The van der Waals surface area contributed by atoms with E-state index in [1.165, 1.54) is 0 Å². The second-order valence-corrected chi connectivity index (χ2v) is 7.55. The zero-order valence-electron chi connectivity index (χ0n) is 19.5. The van der Waals surface area contributed by atoms with E-state index >= 15 is 0 Å². The molecule has 0 aromatic heterocycles. The van der Waals surface area contributed by atoms with Gasteiger partial charge in [0.1, 0.15) is 11.5 Å². The Labute approximate surface area is 201 Å². The maximum atomic E-state index is 5.66. The monoisotopic (exact) mass is 448 g/mol. The Bertz CT molecular complexity index is 1160. The van der Waals surface area contributed by atoms with Gasteiger partial charge in [0.2, 0.25) is 0 Å². The first-order valence-electron chi connectivity index (χ1n) is 11.5. The molecule has 0 saturated carbocycles. The van der Waals surface area contributed by atoms with Crippen LogP contribution < -0.4 is 9.47 Å². The van der Waals surface area contributed by atoms with Crippen LogP contribution in [0, 0.1) is 0 Å². The maximum Gasteiger partial charge on any atom is 0.128 e. The number of benzene rings is 4. The van der Waals surface area contributed by atoms with Gasteiger partial charge >= 0.3 is 0 Å². The minimum absolute atomic E-state index is 0.629. The van der Waals surface area contributed by atoms with Crippen LogP contribution in [-0.2, 0) is 0 Å². The summed E-state index contributed by atoms with van der Waals surface area (Å²) in [5.74, 6) is 1.68. The highest BCUT2D eigenvalue weighted by Gasteiger charge is 2.02. The van der Waals surface area contributed by atoms with Gasteiger partial charge in [-0.1, -0.05) is 48.5 Å². The van der Waals surface area contributed by atoms with Crippen molar-refractivity contribution in [1.82, 2.24) is 0 Å². The first-order chi connectivity index (χ1) is 16.8. The minimum atomic E-state index is 0.629. The fraction of sp³-hybridized carbons (Fsp3) is 0.133. The van der Waals surface area contributed by atoms with Gasteiger partial charge < -0.3 is 9.47 Å². The number of rotatable bonds is 9. The van der Waals surface area contributed by atoms with Crippen molar-refractivity contribution in [3.05, 3.63) is 108 Å². The van der Waals surface area contributed by atoms with E-state index in [-0.39, 0.29) is 0 Å². The van der Waals surface area contributed by atoms with Gasteiger partial charge in [0.15, 0.2) is 0 Å². The molecule has 0 unspecified atom stereocenters. The standard InChI is InChI=1S/C30H28N2O2/c1-3-33-29-11-7-5-9-25(29)21-31-27-17-13-23(14-18-27)24-15-19-28(20-16-24)32-22-26-10-6-8-12-30(26)34-4-2/h5-22H,3-4H2,1-2H3. The van der Waals surface area contributed by atoms with Crippen molar-refractivity contribution >= 4 is 23.8 Å². The van der Waals surface area contributed by atoms with Gasteiger partial charge in [-0.15, -0.1) is 0 Å². The summed E-state index contributed by atoms with van der Waals surface area (Å²) in [5.41, 5.74) is 5.98. The van der Waals surface area contributed by atoms with Gasteiger partial charge in [-0.25, -0.2) is 0 Å². The molecule has 4 heteroatoms. The van der Waals surface area contributed by atoms with E-state index in [1.807, 2.05) is 99.1 Å². The van der Waals surface area contributed by atoms with Crippen molar-refractivity contribution in [3.8, 4) is 22.6 Å². The molecule has 0 bridgehead atoms. The summed E-state index contributed by atoms with van der Waals surface area (Å²) in [5, 5.41) is 0. The number of hydrogen-bond donors (Lipinski definition) is 0. The Kier molecular flexibility index (Phi) is 7.86. The van der Waals surface area contributed by atoms with Crippen molar-refractivity contribution in [3.63, 3.8) is 0 Å². The first-order valence-corrected chi connectivity index (χ1v) is 11.5. The second-order valence-electron chi connectivity index (χ2n) is 7.55. The van der Waals surface area contributed by atoms with Crippen LogP contribution in [0.15, 0.2) is 107 Å². The summed E-state index contributed by atoms with van der Waals surface area (Å²) in [6, 6.07) is 32.2. The molecule has 34 heavy (non-hydrogen) atoms. The summed E-state index contributed by atoms with van der Waals surface area (Å²) in [6.07, 6.45) is 3.69. The largest absolute Gasteiger partial charge is 0.493 e. The molecule has 170 valence electrons. The summed E-state index contributed by atoms with van der Waals surface area (Å²) in [7, 11) is 0. The summed E-state index contributed by atoms with van der Waals surface area (Å²) >= 11 is 0. The lowest BCUT2D eigenvalue weighted by Gasteiger charge is -2.06. The van der Waals surface area contributed by atoms with Crippen LogP contribution in [0.2, 0.25) is 0 Å². The van der Waals surface area contributed by atoms with E-state index in [0.717, 1.165) is 45.1 Å². The zero-order valence-corrected chi connectivity index (χ0v) is 19.5. The smallest absolute Gasteiger partial charge is 0.128 e. The fourth-order valence-electron chi connectivity index (χ4n) is 3.52. The molecule has 0 aliphatic heterocycles. The van der Waals surface area contributed by atoms with Gasteiger partial charge in [-0.3, -0.25) is 9.98 Å². The molecule has 4 aromatic carbocycles. The van der Waals surface area contributed by atoms with E-state index in [2.05, 4.69) is 34.3 Å². The zero-order chi connectivity index (χ0) is 23.6.